The number of nitrogens with one attached hydrogen (secondary N) is 1. The monoisotopic (exact) mass is 317 g/mol. The van der Waals surface area contributed by atoms with E-state index in [1.807, 2.05) is 0 Å². The zero-order valence-corrected chi connectivity index (χ0v) is 11.9. The summed E-state index contributed by atoms with van der Waals surface area (Å²) in [5.41, 5.74) is 2.00. The Balaban J connectivity index is 1.76. The maximum Gasteiger partial charge on any atom is 0.270 e. The highest BCUT2D eigenvalue weighted by Gasteiger charge is 2.07. The van der Waals surface area contributed by atoms with Crippen molar-refractivity contribution in [3.05, 3.63) is 38.9 Å². The normalized spacial score (nSPS) is 10.2. The molecule has 8 heteroatoms. The predicted octanol–water partition coefficient (Wildman–Crippen LogP) is 2.65. The second kappa shape index (κ2) is 6.70. The van der Waals surface area contributed by atoms with Gasteiger partial charge in [0.25, 0.3) is 5.91 Å². The van der Waals surface area contributed by atoms with E-state index in [1.165, 1.54) is 17.5 Å². The molecule has 0 saturated heterocycles. The van der Waals surface area contributed by atoms with Gasteiger partial charge in [0.15, 0.2) is 0 Å². The van der Waals surface area contributed by atoms with Gasteiger partial charge < -0.3 is 10.1 Å². The lowest BCUT2D eigenvalue weighted by Gasteiger charge is -2.07. The fourth-order valence-corrected chi connectivity index (χ4v) is 2.20. The summed E-state index contributed by atoms with van der Waals surface area (Å²) in [6.45, 7) is 0.585. The SMILES string of the molecule is O=C(NCCOc1ncc(Cl)cc1Cl)c1cscn1. The van der Waals surface area contributed by atoms with Gasteiger partial charge in [0.05, 0.1) is 17.1 Å². The molecule has 0 bridgehead atoms. The molecule has 5 nitrogen and oxygen atoms in total. The maximum atomic E-state index is 11.5. The summed E-state index contributed by atoms with van der Waals surface area (Å²) in [4.78, 5) is 19.4. The minimum Gasteiger partial charge on any atom is -0.475 e. The summed E-state index contributed by atoms with van der Waals surface area (Å²) in [6.07, 6.45) is 1.44. The third kappa shape index (κ3) is 4.05. The lowest BCUT2D eigenvalue weighted by molar-refractivity contribution is 0.0942. The molecular weight excluding hydrogens is 309 g/mol. The molecule has 2 aromatic heterocycles. The Kier molecular flexibility index (Phi) is 4.95. The van der Waals surface area contributed by atoms with E-state index < -0.39 is 0 Å². The summed E-state index contributed by atoms with van der Waals surface area (Å²) in [5.74, 6) is 0.0500. The summed E-state index contributed by atoms with van der Waals surface area (Å²) in [5, 5.41) is 5.11. The molecule has 0 fully saturated rings. The van der Waals surface area contributed by atoms with Gasteiger partial charge in [0.2, 0.25) is 5.88 Å². The molecule has 0 saturated carbocycles. The van der Waals surface area contributed by atoms with Gasteiger partial charge in [0.1, 0.15) is 17.3 Å². The average molecular weight is 318 g/mol. The lowest BCUT2D eigenvalue weighted by Crippen LogP contribution is -2.28. The van der Waals surface area contributed by atoms with Crippen LogP contribution in [0.4, 0.5) is 0 Å². The molecule has 2 heterocycles. The quantitative estimate of drug-likeness (QED) is 0.861. The number of halogens is 2. The van der Waals surface area contributed by atoms with Crippen molar-refractivity contribution in [1.82, 2.24) is 15.3 Å². The van der Waals surface area contributed by atoms with Crippen LogP contribution in [-0.2, 0) is 0 Å². The molecule has 0 aliphatic heterocycles. The predicted molar refractivity (Wildman–Crippen MR) is 74.2 cm³/mol. The molecule has 100 valence electrons. The van der Waals surface area contributed by atoms with Gasteiger partial charge in [-0.2, -0.15) is 0 Å². The number of carbonyl (C=O) groups is 1. The van der Waals surface area contributed by atoms with Crippen LogP contribution in [0, 0.1) is 0 Å². The standard InChI is InChI=1S/C11H9Cl2N3O2S/c12-7-3-8(13)11(15-4-7)18-2-1-14-10(17)9-5-19-6-16-9/h3-6H,1-2H2,(H,14,17). The zero-order valence-electron chi connectivity index (χ0n) is 9.60. The Hall–Kier alpha value is -1.37. The fraction of sp³-hybridized carbons (Fsp3) is 0.182. The second-order valence-corrected chi connectivity index (χ2v) is 4.98. The van der Waals surface area contributed by atoms with Crippen LogP contribution in [0.2, 0.25) is 10.0 Å². The van der Waals surface area contributed by atoms with Crippen LogP contribution < -0.4 is 10.1 Å². The zero-order chi connectivity index (χ0) is 13.7. The summed E-state index contributed by atoms with van der Waals surface area (Å²) >= 11 is 13.0. The second-order valence-electron chi connectivity index (χ2n) is 3.42. The lowest BCUT2D eigenvalue weighted by atomic mass is 10.4. The number of hydrogen-bond acceptors (Lipinski definition) is 5. The largest absolute Gasteiger partial charge is 0.475 e. The maximum absolute atomic E-state index is 11.5. The Morgan fingerprint density at radius 2 is 2.26 bits per heavy atom. The van der Waals surface area contributed by atoms with Gasteiger partial charge in [-0.15, -0.1) is 11.3 Å². The van der Waals surface area contributed by atoms with Crippen LogP contribution in [0.5, 0.6) is 5.88 Å². The smallest absolute Gasteiger partial charge is 0.270 e. The minimum absolute atomic E-state index is 0.236. The van der Waals surface area contributed by atoms with Crippen LogP contribution in [-0.4, -0.2) is 29.0 Å². The number of carbonyl (C=O) groups excluding carboxylic acids is 1. The van der Waals surface area contributed by atoms with Gasteiger partial charge in [0, 0.05) is 11.6 Å². The molecule has 2 aromatic rings. The molecule has 19 heavy (non-hydrogen) atoms. The van der Waals surface area contributed by atoms with E-state index in [4.69, 9.17) is 27.9 Å². The third-order valence-electron chi connectivity index (χ3n) is 2.07. The molecule has 1 N–H and O–H groups in total. The highest BCUT2D eigenvalue weighted by atomic mass is 35.5. The van der Waals surface area contributed by atoms with Crippen molar-refractivity contribution in [3.63, 3.8) is 0 Å². The van der Waals surface area contributed by atoms with Crippen LogP contribution in [0.1, 0.15) is 10.5 Å². The Labute approximate surface area is 123 Å². The molecule has 1 amide bonds. The summed E-state index contributed by atoms with van der Waals surface area (Å²) in [6, 6.07) is 1.54. The highest BCUT2D eigenvalue weighted by Crippen LogP contribution is 2.24. The van der Waals surface area contributed by atoms with Gasteiger partial charge in [-0.1, -0.05) is 23.2 Å². The molecule has 0 unspecified atom stereocenters. The number of amides is 1. The van der Waals surface area contributed by atoms with E-state index in [-0.39, 0.29) is 18.4 Å². The number of ether oxygens (including phenoxy) is 1. The first kappa shape index (κ1) is 14.0. The first-order chi connectivity index (χ1) is 9.16. The first-order valence-corrected chi connectivity index (χ1v) is 6.97. The van der Waals surface area contributed by atoms with E-state index in [0.717, 1.165) is 0 Å². The number of rotatable bonds is 5. The van der Waals surface area contributed by atoms with Crippen molar-refractivity contribution in [3.8, 4) is 5.88 Å². The van der Waals surface area contributed by atoms with E-state index >= 15 is 0 Å². The summed E-state index contributed by atoms with van der Waals surface area (Å²) < 4.78 is 5.33. The highest BCUT2D eigenvalue weighted by molar-refractivity contribution is 7.07. The van der Waals surface area contributed by atoms with Crippen molar-refractivity contribution in [2.24, 2.45) is 0 Å². The van der Waals surface area contributed by atoms with Crippen molar-refractivity contribution in [2.45, 2.75) is 0 Å². The van der Waals surface area contributed by atoms with Gasteiger partial charge in [-0.3, -0.25) is 4.79 Å². The molecule has 0 spiro atoms. The molecule has 0 aliphatic carbocycles. The minimum atomic E-state index is -0.236. The van der Waals surface area contributed by atoms with Gasteiger partial charge in [-0.25, -0.2) is 9.97 Å². The van der Waals surface area contributed by atoms with Crippen LogP contribution in [0.15, 0.2) is 23.2 Å². The number of pyridine rings is 1. The van der Waals surface area contributed by atoms with E-state index in [2.05, 4.69) is 15.3 Å². The van der Waals surface area contributed by atoms with E-state index in [9.17, 15) is 4.79 Å². The number of aromatic nitrogens is 2. The number of nitrogens with zero attached hydrogens (tertiary/aromatic N) is 2. The van der Waals surface area contributed by atoms with Crippen molar-refractivity contribution >= 4 is 40.4 Å². The van der Waals surface area contributed by atoms with Gasteiger partial charge >= 0.3 is 0 Å². The Bertz CT molecular complexity index is 563. The third-order valence-corrected chi connectivity index (χ3v) is 3.13. The molecular formula is C11H9Cl2N3O2S. The topological polar surface area (TPSA) is 64.1 Å². The number of thiazole rings is 1. The van der Waals surface area contributed by atoms with E-state index in [1.54, 1.807) is 17.0 Å². The van der Waals surface area contributed by atoms with Crippen LogP contribution in [0.3, 0.4) is 0 Å². The number of hydrogen-bond donors (Lipinski definition) is 1. The molecule has 0 aromatic carbocycles. The average Bonchev–Trinajstić information content (AvgIpc) is 2.90. The first-order valence-electron chi connectivity index (χ1n) is 5.27. The molecule has 2 rings (SSSR count). The van der Waals surface area contributed by atoms with Crippen LogP contribution >= 0.6 is 34.5 Å². The molecule has 0 radical (unpaired) electrons. The fourth-order valence-electron chi connectivity index (χ4n) is 1.24. The van der Waals surface area contributed by atoms with E-state index in [0.29, 0.717) is 22.3 Å². The van der Waals surface area contributed by atoms with Crippen molar-refractivity contribution in [2.75, 3.05) is 13.2 Å². The molecule has 0 atom stereocenters. The summed E-state index contributed by atoms with van der Waals surface area (Å²) in [7, 11) is 0. The Morgan fingerprint density at radius 3 is 2.95 bits per heavy atom. The molecule has 0 aliphatic rings. The van der Waals surface area contributed by atoms with Crippen LogP contribution in [0.25, 0.3) is 0 Å². The Morgan fingerprint density at radius 1 is 1.42 bits per heavy atom. The van der Waals surface area contributed by atoms with Crippen molar-refractivity contribution in [1.29, 1.82) is 0 Å². The van der Waals surface area contributed by atoms with Gasteiger partial charge in [-0.05, 0) is 6.07 Å². The van der Waals surface area contributed by atoms with Crippen molar-refractivity contribution < 1.29 is 9.53 Å².